The Kier molecular flexibility index (Phi) is 9.05. The fourth-order valence-electron chi connectivity index (χ4n) is 3.35. The fraction of sp³-hybridized carbons (Fsp3) is 0.455. The van der Waals surface area contributed by atoms with Crippen LogP contribution in [0.15, 0.2) is 48.5 Å². The summed E-state index contributed by atoms with van der Waals surface area (Å²) in [7, 11) is 0. The van der Waals surface area contributed by atoms with Gasteiger partial charge < -0.3 is 19.7 Å². The Morgan fingerprint density at radius 2 is 1.07 bits per heavy atom. The molecule has 8 heteroatoms. The van der Waals surface area contributed by atoms with E-state index in [4.69, 9.17) is 32.7 Å². The zero-order chi connectivity index (χ0) is 21.3. The highest BCUT2D eigenvalue weighted by atomic mass is 35.5. The minimum absolute atomic E-state index is 0.196. The SMILES string of the molecule is O[C@H](COc1ccccc1Cl)CN1CCN(C[C@H](O)COc2ccccc2Cl)CC1. The van der Waals surface area contributed by atoms with Gasteiger partial charge in [0.2, 0.25) is 0 Å². The summed E-state index contributed by atoms with van der Waals surface area (Å²) in [6.07, 6.45) is -1.19. The van der Waals surface area contributed by atoms with Crippen molar-refractivity contribution in [1.82, 2.24) is 9.80 Å². The molecule has 30 heavy (non-hydrogen) atoms. The van der Waals surface area contributed by atoms with Crippen molar-refractivity contribution >= 4 is 23.2 Å². The predicted molar refractivity (Wildman–Crippen MR) is 119 cm³/mol. The van der Waals surface area contributed by atoms with Crippen LogP contribution in [0.2, 0.25) is 10.0 Å². The van der Waals surface area contributed by atoms with Crippen LogP contribution >= 0.6 is 23.2 Å². The van der Waals surface area contributed by atoms with Gasteiger partial charge in [-0.25, -0.2) is 0 Å². The molecule has 1 heterocycles. The molecule has 0 aromatic heterocycles. The van der Waals surface area contributed by atoms with Crippen molar-refractivity contribution in [3.63, 3.8) is 0 Å². The van der Waals surface area contributed by atoms with Gasteiger partial charge in [0.05, 0.1) is 10.0 Å². The van der Waals surface area contributed by atoms with Crippen molar-refractivity contribution in [3.8, 4) is 11.5 Å². The van der Waals surface area contributed by atoms with Crippen LogP contribution in [-0.2, 0) is 0 Å². The maximum absolute atomic E-state index is 10.3. The number of hydrogen-bond donors (Lipinski definition) is 2. The lowest BCUT2D eigenvalue weighted by molar-refractivity contribution is 0.0241. The Hall–Kier alpha value is -1.54. The molecule has 0 unspecified atom stereocenters. The topological polar surface area (TPSA) is 65.4 Å². The van der Waals surface area contributed by atoms with Gasteiger partial charge in [-0.3, -0.25) is 9.80 Å². The summed E-state index contributed by atoms with van der Waals surface area (Å²) in [5.41, 5.74) is 0. The predicted octanol–water partition coefficient (Wildman–Crippen LogP) is 2.79. The molecule has 1 saturated heterocycles. The van der Waals surface area contributed by atoms with Crippen LogP contribution in [0.4, 0.5) is 0 Å². The number of aliphatic hydroxyl groups is 2. The molecule has 0 aliphatic carbocycles. The fourth-order valence-corrected chi connectivity index (χ4v) is 3.73. The van der Waals surface area contributed by atoms with Crippen LogP contribution in [0.25, 0.3) is 0 Å². The lowest BCUT2D eigenvalue weighted by Gasteiger charge is -2.36. The minimum atomic E-state index is -0.595. The van der Waals surface area contributed by atoms with E-state index in [1.807, 2.05) is 24.3 Å². The second-order valence-corrected chi connectivity index (χ2v) is 8.21. The van der Waals surface area contributed by atoms with Crippen molar-refractivity contribution in [2.24, 2.45) is 0 Å². The largest absolute Gasteiger partial charge is 0.489 e. The first-order valence-corrected chi connectivity index (χ1v) is 10.8. The third-order valence-corrected chi connectivity index (χ3v) is 5.56. The maximum atomic E-state index is 10.3. The molecule has 2 atom stereocenters. The summed E-state index contributed by atoms with van der Waals surface area (Å²) >= 11 is 12.1. The average Bonchev–Trinajstić information content (AvgIpc) is 2.74. The zero-order valence-electron chi connectivity index (χ0n) is 16.8. The van der Waals surface area contributed by atoms with Gasteiger partial charge in [-0.05, 0) is 24.3 Å². The smallest absolute Gasteiger partial charge is 0.138 e. The summed E-state index contributed by atoms with van der Waals surface area (Å²) in [5, 5.41) is 21.6. The summed E-state index contributed by atoms with van der Waals surface area (Å²) < 4.78 is 11.2. The Bertz CT molecular complexity index is 722. The van der Waals surface area contributed by atoms with Gasteiger partial charge in [0.15, 0.2) is 0 Å². The highest BCUT2D eigenvalue weighted by Gasteiger charge is 2.21. The molecule has 1 fully saturated rings. The van der Waals surface area contributed by atoms with E-state index in [1.165, 1.54) is 0 Å². The maximum Gasteiger partial charge on any atom is 0.138 e. The molecule has 164 valence electrons. The minimum Gasteiger partial charge on any atom is -0.489 e. The molecular formula is C22H28Cl2N2O4. The molecular weight excluding hydrogens is 427 g/mol. The first kappa shape index (κ1) is 23.1. The number of hydrogen-bond acceptors (Lipinski definition) is 6. The van der Waals surface area contributed by atoms with E-state index in [1.54, 1.807) is 24.3 Å². The Balaban J connectivity index is 1.32. The molecule has 0 bridgehead atoms. The number of aliphatic hydroxyl groups excluding tert-OH is 2. The molecule has 6 nitrogen and oxygen atoms in total. The van der Waals surface area contributed by atoms with Crippen LogP contribution < -0.4 is 9.47 Å². The standard InChI is InChI=1S/C22H28Cl2N2O4/c23-19-5-1-3-7-21(19)29-15-17(27)13-25-9-11-26(12-10-25)14-18(28)16-30-22-8-4-2-6-20(22)24/h1-8,17-18,27-28H,9-16H2/t17-,18-/m0/s1. The number of rotatable bonds is 10. The Morgan fingerprint density at radius 3 is 1.43 bits per heavy atom. The number of nitrogens with zero attached hydrogens (tertiary/aromatic N) is 2. The molecule has 1 aliphatic heterocycles. The number of β-amino-alcohol motifs (C(OH)–C–C–N with tert-alkyl or cyclic N) is 2. The van der Waals surface area contributed by atoms with E-state index in [2.05, 4.69) is 9.80 Å². The molecule has 3 rings (SSSR count). The van der Waals surface area contributed by atoms with Gasteiger partial charge in [-0.1, -0.05) is 47.5 Å². The van der Waals surface area contributed by atoms with Gasteiger partial charge in [-0.15, -0.1) is 0 Å². The lowest BCUT2D eigenvalue weighted by Crippen LogP contribution is -2.51. The van der Waals surface area contributed by atoms with Crippen LogP contribution in [0, 0.1) is 0 Å². The number of ether oxygens (including phenoxy) is 2. The molecule has 2 N–H and O–H groups in total. The van der Waals surface area contributed by atoms with E-state index in [9.17, 15) is 10.2 Å². The lowest BCUT2D eigenvalue weighted by atomic mass is 10.2. The van der Waals surface area contributed by atoms with Crippen LogP contribution in [0.5, 0.6) is 11.5 Å². The summed E-state index contributed by atoms with van der Waals surface area (Å²) in [5.74, 6) is 1.16. The second-order valence-electron chi connectivity index (χ2n) is 7.39. The van der Waals surface area contributed by atoms with E-state index >= 15 is 0 Å². The monoisotopic (exact) mass is 454 g/mol. The molecule has 0 spiro atoms. The van der Waals surface area contributed by atoms with Crippen molar-refractivity contribution in [2.75, 3.05) is 52.5 Å². The molecule has 1 aliphatic rings. The first-order chi connectivity index (χ1) is 14.5. The Labute approximate surface area is 187 Å². The van der Waals surface area contributed by atoms with Crippen molar-refractivity contribution in [1.29, 1.82) is 0 Å². The van der Waals surface area contributed by atoms with Gasteiger partial charge in [0, 0.05) is 39.3 Å². The van der Waals surface area contributed by atoms with Crippen molar-refractivity contribution in [3.05, 3.63) is 58.6 Å². The summed E-state index contributed by atoms with van der Waals surface area (Å²) in [6.45, 7) is 4.75. The number of halogens is 2. The molecule has 0 radical (unpaired) electrons. The molecule has 0 saturated carbocycles. The van der Waals surface area contributed by atoms with Crippen LogP contribution in [0.3, 0.4) is 0 Å². The third kappa shape index (κ3) is 7.30. The number of piperazine rings is 1. The third-order valence-electron chi connectivity index (χ3n) is 4.94. The molecule has 2 aromatic carbocycles. The van der Waals surface area contributed by atoms with E-state index in [0.29, 0.717) is 34.6 Å². The zero-order valence-corrected chi connectivity index (χ0v) is 18.3. The highest BCUT2D eigenvalue weighted by molar-refractivity contribution is 6.32. The second kappa shape index (κ2) is 11.7. The number of para-hydroxylation sites is 2. The quantitative estimate of drug-likeness (QED) is 0.575. The van der Waals surface area contributed by atoms with Crippen LogP contribution in [0.1, 0.15) is 0 Å². The molecule has 0 amide bonds. The van der Waals surface area contributed by atoms with Crippen molar-refractivity contribution in [2.45, 2.75) is 12.2 Å². The van der Waals surface area contributed by atoms with Gasteiger partial charge in [-0.2, -0.15) is 0 Å². The highest BCUT2D eigenvalue weighted by Crippen LogP contribution is 2.24. The summed E-state index contributed by atoms with van der Waals surface area (Å²) in [4.78, 5) is 4.40. The summed E-state index contributed by atoms with van der Waals surface area (Å²) in [6, 6.07) is 14.5. The van der Waals surface area contributed by atoms with E-state index < -0.39 is 12.2 Å². The normalized spacial score (nSPS) is 17.5. The van der Waals surface area contributed by atoms with Crippen LogP contribution in [-0.4, -0.2) is 84.7 Å². The van der Waals surface area contributed by atoms with E-state index in [0.717, 1.165) is 26.2 Å². The van der Waals surface area contributed by atoms with Gasteiger partial charge in [0.25, 0.3) is 0 Å². The molecule has 2 aromatic rings. The van der Waals surface area contributed by atoms with E-state index in [-0.39, 0.29) is 13.2 Å². The first-order valence-electron chi connectivity index (χ1n) is 10.1. The van der Waals surface area contributed by atoms with Crippen molar-refractivity contribution < 1.29 is 19.7 Å². The Morgan fingerprint density at radius 1 is 0.700 bits per heavy atom. The van der Waals surface area contributed by atoms with Gasteiger partial charge in [0.1, 0.15) is 36.9 Å². The number of benzene rings is 2. The average molecular weight is 455 g/mol. The van der Waals surface area contributed by atoms with Gasteiger partial charge >= 0.3 is 0 Å².